The molecule has 1 N–H and O–H groups in total. The van der Waals surface area contributed by atoms with Gasteiger partial charge in [0.1, 0.15) is 5.82 Å². The lowest BCUT2D eigenvalue weighted by molar-refractivity contribution is 0.619. The average molecular weight is 295 g/mol. The molecule has 2 aromatic rings. The summed E-state index contributed by atoms with van der Waals surface area (Å²) < 4.78 is 13.8. The van der Waals surface area contributed by atoms with Gasteiger partial charge in [0.2, 0.25) is 0 Å². The van der Waals surface area contributed by atoms with E-state index in [1.165, 1.54) is 6.07 Å². The third-order valence-corrected chi connectivity index (χ3v) is 3.04. The first kappa shape index (κ1) is 12.0. The van der Waals surface area contributed by atoms with Gasteiger partial charge in [-0.1, -0.05) is 6.07 Å². The summed E-state index contributed by atoms with van der Waals surface area (Å²) in [6, 6.07) is 8.99. The molecule has 0 bridgehead atoms. The second kappa shape index (κ2) is 5.27. The van der Waals surface area contributed by atoms with Crippen LogP contribution < -0.4 is 5.32 Å². The molecule has 0 aliphatic rings. The second-order valence-electron chi connectivity index (χ2n) is 3.79. The first-order valence-corrected chi connectivity index (χ1v) is 6.05. The molecule has 0 aliphatic heterocycles. The van der Waals surface area contributed by atoms with Crippen LogP contribution in [0.3, 0.4) is 0 Å². The number of hydrogen-bond acceptors (Lipinski definition) is 2. The summed E-state index contributed by atoms with van der Waals surface area (Å²) in [5.41, 5.74) is 2.80. The molecule has 1 aromatic carbocycles. The molecule has 0 atom stereocenters. The average Bonchev–Trinajstić information content (AvgIpc) is 2.33. The summed E-state index contributed by atoms with van der Waals surface area (Å²) in [4.78, 5) is 4.18. The lowest BCUT2D eigenvalue weighted by Crippen LogP contribution is -2.00. The Hall–Kier alpha value is -1.42. The lowest BCUT2D eigenvalue weighted by atomic mass is 10.2. The molecule has 0 spiro atoms. The standard InChI is InChI=1S/C13H12BrFN2/c1-9-2-4-11(8-16-9)17-7-10-3-5-12(14)13(15)6-10/h2-6,8,17H,7H2,1H3. The summed E-state index contributed by atoms with van der Waals surface area (Å²) in [6.45, 7) is 2.52. The largest absolute Gasteiger partial charge is 0.380 e. The fourth-order valence-corrected chi connectivity index (χ4v) is 1.67. The van der Waals surface area contributed by atoms with Gasteiger partial charge < -0.3 is 5.32 Å². The summed E-state index contributed by atoms with van der Waals surface area (Å²) >= 11 is 3.13. The Kier molecular flexibility index (Phi) is 3.74. The minimum atomic E-state index is -0.244. The van der Waals surface area contributed by atoms with Crippen LogP contribution in [0.25, 0.3) is 0 Å². The SMILES string of the molecule is Cc1ccc(NCc2ccc(Br)c(F)c2)cn1. The number of hydrogen-bond donors (Lipinski definition) is 1. The molecule has 2 rings (SSSR count). The summed E-state index contributed by atoms with van der Waals surface area (Å²) in [6.07, 6.45) is 1.77. The van der Waals surface area contributed by atoms with Gasteiger partial charge in [-0.05, 0) is 52.7 Å². The highest BCUT2D eigenvalue weighted by Gasteiger charge is 2.00. The number of aromatic nitrogens is 1. The zero-order chi connectivity index (χ0) is 12.3. The fourth-order valence-electron chi connectivity index (χ4n) is 1.43. The Morgan fingerprint density at radius 1 is 1.29 bits per heavy atom. The van der Waals surface area contributed by atoms with E-state index >= 15 is 0 Å². The van der Waals surface area contributed by atoms with Crippen LogP contribution in [0.1, 0.15) is 11.3 Å². The van der Waals surface area contributed by atoms with Crippen LogP contribution in [-0.4, -0.2) is 4.98 Å². The van der Waals surface area contributed by atoms with Crippen molar-refractivity contribution >= 4 is 21.6 Å². The van der Waals surface area contributed by atoms with Gasteiger partial charge in [0, 0.05) is 12.2 Å². The summed E-state index contributed by atoms with van der Waals surface area (Å²) in [5, 5.41) is 3.19. The van der Waals surface area contributed by atoms with Crippen molar-refractivity contribution in [2.75, 3.05) is 5.32 Å². The number of rotatable bonds is 3. The van der Waals surface area contributed by atoms with Crippen LogP contribution in [0.2, 0.25) is 0 Å². The zero-order valence-corrected chi connectivity index (χ0v) is 11.0. The highest BCUT2D eigenvalue weighted by atomic mass is 79.9. The van der Waals surface area contributed by atoms with Crippen molar-refractivity contribution in [2.24, 2.45) is 0 Å². The molecule has 0 unspecified atom stereocenters. The number of benzene rings is 1. The summed E-state index contributed by atoms with van der Waals surface area (Å²) in [5.74, 6) is -0.244. The van der Waals surface area contributed by atoms with Gasteiger partial charge in [0.05, 0.1) is 16.4 Å². The molecule has 0 aliphatic carbocycles. The van der Waals surface area contributed by atoms with Gasteiger partial charge in [-0.25, -0.2) is 4.39 Å². The molecule has 2 nitrogen and oxygen atoms in total. The first-order chi connectivity index (χ1) is 8.15. The highest BCUT2D eigenvalue weighted by molar-refractivity contribution is 9.10. The molecular formula is C13H12BrFN2. The Morgan fingerprint density at radius 3 is 2.76 bits per heavy atom. The van der Waals surface area contributed by atoms with Crippen molar-refractivity contribution in [1.29, 1.82) is 0 Å². The molecule has 0 saturated heterocycles. The normalized spacial score (nSPS) is 10.3. The molecule has 0 amide bonds. The van der Waals surface area contributed by atoms with E-state index in [1.54, 1.807) is 12.3 Å². The predicted octanol–water partition coefficient (Wildman–Crippen LogP) is 3.90. The predicted molar refractivity (Wildman–Crippen MR) is 70.4 cm³/mol. The van der Waals surface area contributed by atoms with Crippen molar-refractivity contribution < 1.29 is 4.39 Å². The van der Waals surface area contributed by atoms with E-state index in [0.717, 1.165) is 16.9 Å². The van der Waals surface area contributed by atoms with Crippen molar-refractivity contribution in [1.82, 2.24) is 4.98 Å². The van der Waals surface area contributed by atoms with Crippen LogP contribution in [0, 0.1) is 12.7 Å². The third-order valence-electron chi connectivity index (χ3n) is 2.39. The molecular weight excluding hydrogens is 283 g/mol. The van der Waals surface area contributed by atoms with Crippen LogP contribution in [-0.2, 0) is 6.54 Å². The van der Waals surface area contributed by atoms with E-state index < -0.39 is 0 Å². The maximum Gasteiger partial charge on any atom is 0.137 e. The Bertz CT molecular complexity index is 511. The van der Waals surface area contributed by atoms with Crippen molar-refractivity contribution in [3.8, 4) is 0 Å². The van der Waals surface area contributed by atoms with Gasteiger partial charge in [0.25, 0.3) is 0 Å². The Morgan fingerprint density at radius 2 is 2.12 bits per heavy atom. The van der Waals surface area contributed by atoms with Crippen LogP contribution >= 0.6 is 15.9 Å². The topological polar surface area (TPSA) is 24.9 Å². The second-order valence-corrected chi connectivity index (χ2v) is 4.64. The highest BCUT2D eigenvalue weighted by Crippen LogP contribution is 2.17. The van der Waals surface area contributed by atoms with E-state index in [9.17, 15) is 4.39 Å². The Labute approximate surface area is 108 Å². The first-order valence-electron chi connectivity index (χ1n) is 5.25. The van der Waals surface area contributed by atoms with E-state index in [1.807, 2.05) is 25.1 Å². The number of pyridine rings is 1. The van der Waals surface area contributed by atoms with Crippen LogP contribution in [0.4, 0.5) is 10.1 Å². The molecule has 0 radical (unpaired) electrons. The molecule has 17 heavy (non-hydrogen) atoms. The molecule has 4 heteroatoms. The van der Waals surface area contributed by atoms with Gasteiger partial charge in [-0.15, -0.1) is 0 Å². The number of anilines is 1. The third kappa shape index (κ3) is 3.27. The van der Waals surface area contributed by atoms with Crippen molar-refractivity contribution in [3.05, 3.63) is 58.1 Å². The fraction of sp³-hybridized carbons (Fsp3) is 0.154. The maximum atomic E-state index is 13.3. The minimum absolute atomic E-state index is 0.244. The molecule has 88 valence electrons. The molecule has 1 aromatic heterocycles. The monoisotopic (exact) mass is 294 g/mol. The maximum absolute atomic E-state index is 13.3. The number of nitrogens with zero attached hydrogens (tertiary/aromatic N) is 1. The van der Waals surface area contributed by atoms with Gasteiger partial charge in [-0.3, -0.25) is 4.98 Å². The number of nitrogens with one attached hydrogen (secondary N) is 1. The Balaban J connectivity index is 2.02. The molecule has 0 fully saturated rings. The van der Waals surface area contributed by atoms with Gasteiger partial charge in [-0.2, -0.15) is 0 Å². The zero-order valence-electron chi connectivity index (χ0n) is 9.37. The lowest BCUT2D eigenvalue weighted by Gasteiger charge is -2.07. The van der Waals surface area contributed by atoms with E-state index in [4.69, 9.17) is 0 Å². The van der Waals surface area contributed by atoms with Gasteiger partial charge in [0.15, 0.2) is 0 Å². The summed E-state index contributed by atoms with van der Waals surface area (Å²) in [7, 11) is 0. The van der Waals surface area contributed by atoms with Crippen molar-refractivity contribution in [2.45, 2.75) is 13.5 Å². The van der Waals surface area contributed by atoms with E-state index in [0.29, 0.717) is 11.0 Å². The number of aryl methyl sites for hydroxylation is 1. The van der Waals surface area contributed by atoms with Gasteiger partial charge >= 0.3 is 0 Å². The number of halogens is 2. The minimum Gasteiger partial charge on any atom is -0.380 e. The van der Waals surface area contributed by atoms with Crippen LogP contribution in [0.15, 0.2) is 41.0 Å². The quantitative estimate of drug-likeness (QED) is 0.928. The molecule has 0 saturated carbocycles. The van der Waals surface area contributed by atoms with Crippen LogP contribution in [0.5, 0.6) is 0 Å². The van der Waals surface area contributed by atoms with E-state index in [2.05, 4.69) is 26.2 Å². The van der Waals surface area contributed by atoms with E-state index in [-0.39, 0.29) is 5.82 Å². The smallest absolute Gasteiger partial charge is 0.137 e. The van der Waals surface area contributed by atoms with Crippen molar-refractivity contribution in [3.63, 3.8) is 0 Å². The molecule has 1 heterocycles.